The average Bonchev–Trinajstić information content (AvgIpc) is 2.79. The third kappa shape index (κ3) is 7.33. The lowest BCUT2D eigenvalue weighted by atomic mass is 10.1. The molecule has 0 aliphatic heterocycles. The van der Waals surface area contributed by atoms with Gasteiger partial charge in [-0.15, -0.1) is 0 Å². The minimum atomic E-state index is -3.95. The van der Waals surface area contributed by atoms with Gasteiger partial charge in [-0.05, 0) is 54.8 Å². The maximum atomic E-state index is 13.4. The van der Waals surface area contributed by atoms with Gasteiger partial charge in [-0.3, -0.25) is 9.59 Å². The molecule has 0 radical (unpaired) electrons. The maximum Gasteiger partial charge on any atom is 0.243 e. The van der Waals surface area contributed by atoms with Crippen LogP contribution in [0.15, 0.2) is 47.4 Å². The van der Waals surface area contributed by atoms with Crippen molar-refractivity contribution in [3.05, 3.63) is 63.1 Å². The summed E-state index contributed by atoms with van der Waals surface area (Å²) in [5, 5.41) is 3.90. The largest absolute Gasteiger partial charge is 0.354 e. The Labute approximate surface area is 216 Å². The summed E-state index contributed by atoms with van der Waals surface area (Å²) in [5.74, 6) is -0.828. The summed E-state index contributed by atoms with van der Waals surface area (Å²) in [5.41, 5.74) is 0.660. The molecule has 0 aromatic heterocycles. The number of likely N-dealkylation sites (N-methyl/N-ethyl adjacent to an activating group) is 1. The molecule has 1 atom stereocenters. The topological polar surface area (TPSA) is 86.8 Å². The Morgan fingerprint density at radius 3 is 2.21 bits per heavy atom. The van der Waals surface area contributed by atoms with E-state index in [2.05, 4.69) is 5.32 Å². The molecule has 34 heavy (non-hydrogen) atoms. The fourth-order valence-electron chi connectivity index (χ4n) is 3.27. The molecule has 0 fully saturated rings. The van der Waals surface area contributed by atoms with E-state index in [0.717, 1.165) is 10.7 Å². The highest BCUT2D eigenvalue weighted by atomic mass is 35.5. The Bertz CT molecular complexity index is 1110. The molecule has 1 N–H and O–H groups in total. The second kappa shape index (κ2) is 12.7. The van der Waals surface area contributed by atoms with E-state index in [-0.39, 0.29) is 17.3 Å². The summed E-state index contributed by atoms with van der Waals surface area (Å²) in [6, 6.07) is 9.82. The molecule has 2 aromatic rings. The molecule has 11 heteroatoms. The second-order valence-electron chi connectivity index (χ2n) is 7.70. The Morgan fingerprint density at radius 2 is 1.65 bits per heavy atom. The van der Waals surface area contributed by atoms with Crippen LogP contribution < -0.4 is 5.32 Å². The zero-order valence-electron chi connectivity index (χ0n) is 19.2. The van der Waals surface area contributed by atoms with Gasteiger partial charge in [0.2, 0.25) is 21.8 Å². The van der Waals surface area contributed by atoms with E-state index in [1.807, 2.05) is 6.92 Å². The number of carbonyl (C=O) groups excluding carboxylic acids is 2. The number of rotatable bonds is 11. The molecule has 0 bridgehead atoms. The minimum Gasteiger partial charge on any atom is -0.354 e. The van der Waals surface area contributed by atoms with E-state index in [1.54, 1.807) is 25.1 Å². The first-order chi connectivity index (χ1) is 16.0. The van der Waals surface area contributed by atoms with Crippen LogP contribution in [0.1, 0.15) is 32.3 Å². The summed E-state index contributed by atoms with van der Waals surface area (Å²) in [6.45, 7) is 3.79. The summed E-state index contributed by atoms with van der Waals surface area (Å²) in [6.07, 6.45) is 1.08. The van der Waals surface area contributed by atoms with E-state index in [4.69, 9.17) is 34.8 Å². The predicted octanol–water partition coefficient (Wildman–Crippen LogP) is 4.60. The van der Waals surface area contributed by atoms with Crippen LogP contribution in [0.3, 0.4) is 0 Å². The monoisotopic (exact) mass is 547 g/mol. The number of nitrogens with one attached hydrogen (secondary N) is 1. The average molecular weight is 549 g/mol. The van der Waals surface area contributed by atoms with E-state index >= 15 is 0 Å². The number of sulfonamides is 1. The standard InChI is InChI=1S/C23H28Cl3N3O4S/c1-4-12-27-23(31)21(5-2)29(14-16-6-11-19(25)20(26)13-16)22(30)15-28(3)34(32,33)18-9-7-17(24)8-10-18/h6-11,13,21H,4-5,12,14-15H2,1-3H3,(H,27,31)/t21-/m1/s1. The Hall–Kier alpha value is -1.84. The Morgan fingerprint density at radius 1 is 1.00 bits per heavy atom. The van der Waals surface area contributed by atoms with Crippen molar-refractivity contribution in [2.75, 3.05) is 20.1 Å². The maximum absolute atomic E-state index is 13.4. The Kier molecular flexibility index (Phi) is 10.6. The van der Waals surface area contributed by atoms with Crippen LogP contribution in [0, 0.1) is 0 Å². The summed E-state index contributed by atoms with van der Waals surface area (Å²) in [4.78, 5) is 27.6. The Balaban J connectivity index is 2.33. The number of hydrogen-bond donors (Lipinski definition) is 1. The molecule has 0 saturated heterocycles. The van der Waals surface area contributed by atoms with Gasteiger partial charge >= 0.3 is 0 Å². The SMILES string of the molecule is CCCNC(=O)[C@@H](CC)N(Cc1ccc(Cl)c(Cl)c1)C(=O)CN(C)S(=O)(=O)c1ccc(Cl)cc1. The fourth-order valence-corrected chi connectivity index (χ4v) is 4.84. The molecule has 7 nitrogen and oxygen atoms in total. The van der Waals surface area contributed by atoms with Gasteiger partial charge in [-0.2, -0.15) is 4.31 Å². The molecule has 0 spiro atoms. The quantitative estimate of drug-likeness (QED) is 0.445. The zero-order chi connectivity index (χ0) is 25.5. The first-order valence-corrected chi connectivity index (χ1v) is 13.3. The van der Waals surface area contributed by atoms with Gasteiger partial charge in [0.25, 0.3) is 0 Å². The van der Waals surface area contributed by atoms with Crippen molar-refractivity contribution < 1.29 is 18.0 Å². The van der Waals surface area contributed by atoms with Crippen molar-refractivity contribution in [2.45, 2.75) is 44.2 Å². The highest BCUT2D eigenvalue weighted by Crippen LogP contribution is 2.24. The van der Waals surface area contributed by atoms with Gasteiger partial charge in [0, 0.05) is 25.2 Å². The van der Waals surface area contributed by atoms with Crippen LogP contribution in [-0.2, 0) is 26.2 Å². The third-order valence-electron chi connectivity index (χ3n) is 5.15. The van der Waals surface area contributed by atoms with Gasteiger partial charge in [0.1, 0.15) is 6.04 Å². The molecule has 2 aromatic carbocycles. The van der Waals surface area contributed by atoms with Gasteiger partial charge in [-0.25, -0.2) is 8.42 Å². The molecular weight excluding hydrogens is 521 g/mol. The lowest BCUT2D eigenvalue weighted by Gasteiger charge is -2.32. The lowest BCUT2D eigenvalue weighted by Crippen LogP contribution is -2.51. The van der Waals surface area contributed by atoms with Crippen molar-refractivity contribution in [3.63, 3.8) is 0 Å². The number of nitrogens with zero attached hydrogens (tertiary/aromatic N) is 2. The zero-order valence-corrected chi connectivity index (χ0v) is 22.3. The number of hydrogen-bond acceptors (Lipinski definition) is 4. The van der Waals surface area contributed by atoms with Gasteiger partial charge < -0.3 is 10.2 Å². The first-order valence-electron chi connectivity index (χ1n) is 10.7. The number of benzene rings is 2. The van der Waals surface area contributed by atoms with E-state index < -0.39 is 28.5 Å². The van der Waals surface area contributed by atoms with Crippen molar-refractivity contribution in [1.82, 2.24) is 14.5 Å². The molecular formula is C23H28Cl3N3O4S. The van der Waals surface area contributed by atoms with E-state index in [1.165, 1.54) is 36.2 Å². The summed E-state index contributed by atoms with van der Waals surface area (Å²) in [7, 11) is -2.63. The van der Waals surface area contributed by atoms with E-state index in [9.17, 15) is 18.0 Å². The van der Waals surface area contributed by atoms with Crippen molar-refractivity contribution in [2.24, 2.45) is 0 Å². The van der Waals surface area contributed by atoms with Crippen LogP contribution in [0.2, 0.25) is 15.1 Å². The molecule has 0 unspecified atom stereocenters. The van der Waals surface area contributed by atoms with Crippen LogP contribution >= 0.6 is 34.8 Å². The van der Waals surface area contributed by atoms with Crippen molar-refractivity contribution >= 4 is 56.6 Å². The molecule has 0 heterocycles. The van der Waals surface area contributed by atoms with Crippen LogP contribution in [0.25, 0.3) is 0 Å². The first kappa shape index (κ1) is 28.4. The smallest absolute Gasteiger partial charge is 0.243 e. The predicted molar refractivity (Wildman–Crippen MR) is 136 cm³/mol. The third-order valence-corrected chi connectivity index (χ3v) is 7.96. The summed E-state index contributed by atoms with van der Waals surface area (Å²) >= 11 is 18.0. The second-order valence-corrected chi connectivity index (χ2v) is 11.0. The lowest BCUT2D eigenvalue weighted by molar-refractivity contribution is -0.141. The van der Waals surface area contributed by atoms with Crippen LogP contribution in [-0.4, -0.2) is 55.6 Å². The minimum absolute atomic E-state index is 0.0102. The molecule has 186 valence electrons. The normalized spacial score (nSPS) is 12.4. The molecule has 0 aliphatic carbocycles. The highest BCUT2D eigenvalue weighted by Gasteiger charge is 2.31. The van der Waals surface area contributed by atoms with Crippen LogP contribution in [0.5, 0.6) is 0 Å². The van der Waals surface area contributed by atoms with Crippen molar-refractivity contribution in [3.8, 4) is 0 Å². The van der Waals surface area contributed by atoms with Gasteiger partial charge in [0.05, 0.1) is 21.5 Å². The summed E-state index contributed by atoms with van der Waals surface area (Å²) < 4.78 is 26.9. The number of amides is 2. The fraction of sp³-hybridized carbons (Fsp3) is 0.391. The molecule has 2 rings (SSSR count). The van der Waals surface area contributed by atoms with Gasteiger partial charge in [0.15, 0.2) is 0 Å². The van der Waals surface area contributed by atoms with Crippen molar-refractivity contribution in [1.29, 1.82) is 0 Å². The number of carbonyl (C=O) groups is 2. The van der Waals surface area contributed by atoms with Crippen LogP contribution in [0.4, 0.5) is 0 Å². The molecule has 0 aliphatic rings. The molecule has 0 saturated carbocycles. The van der Waals surface area contributed by atoms with Gasteiger partial charge in [-0.1, -0.05) is 54.7 Å². The molecule has 2 amide bonds. The highest BCUT2D eigenvalue weighted by molar-refractivity contribution is 7.89. The van der Waals surface area contributed by atoms with E-state index in [0.29, 0.717) is 33.6 Å². The number of halogens is 3.